The minimum atomic E-state index is 0.813. The Labute approximate surface area is 166 Å². The van der Waals surface area contributed by atoms with E-state index in [0.717, 1.165) is 18.8 Å². The summed E-state index contributed by atoms with van der Waals surface area (Å²) < 4.78 is 5.97. The van der Waals surface area contributed by atoms with Crippen LogP contribution in [0.4, 0.5) is 0 Å². The van der Waals surface area contributed by atoms with Crippen LogP contribution < -0.4 is 4.74 Å². The molecule has 0 aromatic heterocycles. The summed E-state index contributed by atoms with van der Waals surface area (Å²) >= 11 is 0. The molecule has 0 radical (unpaired) electrons. The zero-order valence-electron chi connectivity index (χ0n) is 17.7. The first-order valence-corrected chi connectivity index (χ1v) is 10.7. The van der Waals surface area contributed by atoms with Crippen molar-refractivity contribution in [2.24, 2.45) is 0 Å². The summed E-state index contributed by atoms with van der Waals surface area (Å²) in [6.07, 6.45) is 13.1. The van der Waals surface area contributed by atoms with Crippen LogP contribution in [0.5, 0.6) is 5.75 Å². The third-order valence-electron chi connectivity index (χ3n) is 5.29. The summed E-state index contributed by atoms with van der Waals surface area (Å²) in [4.78, 5) is 0. The maximum absolute atomic E-state index is 5.97. The van der Waals surface area contributed by atoms with E-state index in [2.05, 4.69) is 76.2 Å². The minimum absolute atomic E-state index is 0.813. The molecule has 0 bridgehead atoms. The van der Waals surface area contributed by atoms with Crippen molar-refractivity contribution < 1.29 is 4.74 Å². The molecule has 0 saturated carbocycles. The third-order valence-corrected chi connectivity index (χ3v) is 5.29. The maximum atomic E-state index is 5.97. The zero-order valence-corrected chi connectivity index (χ0v) is 17.7. The monoisotopic (exact) mass is 364 g/mol. The fraction of sp³-hybridized carbons (Fsp3) is 0.462. The molecule has 1 heteroatoms. The van der Waals surface area contributed by atoms with Gasteiger partial charge in [-0.3, -0.25) is 0 Å². The minimum Gasteiger partial charge on any atom is -0.493 e. The Kier molecular flexibility index (Phi) is 9.18. The summed E-state index contributed by atoms with van der Waals surface area (Å²) in [5, 5.41) is 0. The predicted octanol–water partition coefficient (Wildman–Crippen LogP) is 7.78. The molecule has 0 aliphatic rings. The molecular formula is C26H36O. The smallest absolute Gasteiger partial charge is 0.122 e. The van der Waals surface area contributed by atoms with E-state index in [1.165, 1.54) is 66.3 Å². The van der Waals surface area contributed by atoms with Crippen molar-refractivity contribution in [1.82, 2.24) is 0 Å². The number of unbranched alkanes of at least 4 members (excludes halogenated alkanes) is 4. The number of rotatable bonds is 11. The van der Waals surface area contributed by atoms with E-state index in [0.29, 0.717) is 0 Å². The summed E-state index contributed by atoms with van der Waals surface area (Å²) in [6, 6.07) is 13.3. The van der Waals surface area contributed by atoms with Gasteiger partial charge in [-0.25, -0.2) is 0 Å². The molecule has 0 unspecified atom stereocenters. The second-order valence-corrected chi connectivity index (χ2v) is 7.49. The van der Waals surface area contributed by atoms with E-state index in [1.54, 1.807) is 0 Å². The van der Waals surface area contributed by atoms with Gasteiger partial charge in [0.2, 0.25) is 0 Å². The van der Waals surface area contributed by atoms with Crippen molar-refractivity contribution >= 4 is 12.2 Å². The summed E-state index contributed by atoms with van der Waals surface area (Å²) in [5.74, 6) is 1.03. The van der Waals surface area contributed by atoms with Crippen molar-refractivity contribution in [2.45, 2.75) is 72.6 Å². The number of benzene rings is 2. The average molecular weight is 365 g/mol. The molecule has 0 spiro atoms. The van der Waals surface area contributed by atoms with Crippen molar-refractivity contribution in [3.63, 3.8) is 0 Å². The second-order valence-electron chi connectivity index (χ2n) is 7.49. The Hall–Kier alpha value is -2.02. The topological polar surface area (TPSA) is 9.23 Å². The van der Waals surface area contributed by atoms with Crippen LogP contribution in [0.15, 0.2) is 36.4 Å². The van der Waals surface area contributed by atoms with Crippen LogP contribution in [0.1, 0.15) is 80.2 Å². The van der Waals surface area contributed by atoms with E-state index in [9.17, 15) is 0 Å². The van der Waals surface area contributed by atoms with Gasteiger partial charge in [0.25, 0.3) is 0 Å². The van der Waals surface area contributed by atoms with Crippen LogP contribution in [-0.2, 0) is 6.42 Å². The lowest BCUT2D eigenvalue weighted by Crippen LogP contribution is -2.00. The van der Waals surface area contributed by atoms with Gasteiger partial charge in [-0.1, -0.05) is 82.0 Å². The highest BCUT2D eigenvalue weighted by Gasteiger charge is 2.05. The molecule has 0 aliphatic heterocycles. The van der Waals surface area contributed by atoms with E-state index in [-0.39, 0.29) is 0 Å². The molecule has 27 heavy (non-hydrogen) atoms. The molecular weight excluding hydrogens is 328 g/mol. The lowest BCUT2D eigenvalue weighted by atomic mass is 10.0. The predicted molar refractivity (Wildman–Crippen MR) is 120 cm³/mol. The lowest BCUT2D eigenvalue weighted by Gasteiger charge is -2.13. The lowest BCUT2D eigenvalue weighted by molar-refractivity contribution is 0.304. The standard InChI is InChI=1S/C26H36O/c1-5-7-9-11-23-12-14-24(15-13-23)16-17-25-18-19-26(22(4)21(25)3)27-20-10-8-6-2/h12-19H,5-11,20H2,1-4H3. The first-order chi connectivity index (χ1) is 13.2. The number of aryl methyl sites for hydroxylation is 1. The van der Waals surface area contributed by atoms with Gasteiger partial charge in [0, 0.05) is 0 Å². The number of hydrogen-bond acceptors (Lipinski definition) is 1. The first-order valence-electron chi connectivity index (χ1n) is 10.7. The van der Waals surface area contributed by atoms with Crippen molar-refractivity contribution in [3.8, 4) is 5.75 Å². The van der Waals surface area contributed by atoms with Crippen molar-refractivity contribution in [3.05, 3.63) is 64.2 Å². The van der Waals surface area contributed by atoms with E-state index < -0.39 is 0 Å². The number of ether oxygens (including phenoxy) is 1. The fourth-order valence-electron chi connectivity index (χ4n) is 3.25. The molecule has 146 valence electrons. The van der Waals surface area contributed by atoms with Gasteiger partial charge in [-0.2, -0.15) is 0 Å². The van der Waals surface area contributed by atoms with E-state index in [1.807, 2.05) is 0 Å². The molecule has 0 heterocycles. The highest BCUT2D eigenvalue weighted by atomic mass is 16.5. The van der Waals surface area contributed by atoms with Crippen LogP contribution in [0.3, 0.4) is 0 Å². The zero-order chi connectivity index (χ0) is 19.5. The van der Waals surface area contributed by atoms with E-state index in [4.69, 9.17) is 4.74 Å². The van der Waals surface area contributed by atoms with Crippen LogP contribution >= 0.6 is 0 Å². The SMILES string of the molecule is CCCCCOc1ccc(C=Cc2ccc(CCCCC)cc2)c(C)c1C. The average Bonchev–Trinajstić information content (AvgIpc) is 2.69. The molecule has 0 fully saturated rings. The molecule has 0 aliphatic carbocycles. The molecule has 0 amide bonds. The Morgan fingerprint density at radius 2 is 1.44 bits per heavy atom. The highest BCUT2D eigenvalue weighted by molar-refractivity contribution is 5.72. The van der Waals surface area contributed by atoms with Gasteiger partial charge in [0.15, 0.2) is 0 Å². The third kappa shape index (κ3) is 6.90. The maximum Gasteiger partial charge on any atom is 0.122 e. The summed E-state index contributed by atoms with van der Waals surface area (Å²) in [6.45, 7) is 9.63. The van der Waals surface area contributed by atoms with Crippen LogP contribution in [0, 0.1) is 13.8 Å². The molecule has 2 rings (SSSR count). The quantitative estimate of drug-likeness (QED) is 0.292. The van der Waals surface area contributed by atoms with Gasteiger partial charge in [-0.15, -0.1) is 0 Å². The summed E-state index contributed by atoms with van der Waals surface area (Å²) in [5.41, 5.74) is 6.51. The van der Waals surface area contributed by atoms with Gasteiger partial charge in [-0.05, 0) is 67.0 Å². The van der Waals surface area contributed by atoms with Gasteiger partial charge in [0.05, 0.1) is 6.61 Å². The molecule has 2 aromatic rings. The Morgan fingerprint density at radius 1 is 0.741 bits per heavy atom. The largest absolute Gasteiger partial charge is 0.493 e. The second kappa shape index (κ2) is 11.6. The molecule has 1 nitrogen and oxygen atoms in total. The van der Waals surface area contributed by atoms with Crippen LogP contribution in [-0.4, -0.2) is 6.61 Å². The Morgan fingerprint density at radius 3 is 2.15 bits per heavy atom. The summed E-state index contributed by atoms with van der Waals surface area (Å²) in [7, 11) is 0. The molecule has 0 saturated heterocycles. The van der Waals surface area contributed by atoms with Crippen LogP contribution in [0.25, 0.3) is 12.2 Å². The Balaban J connectivity index is 1.98. The highest BCUT2D eigenvalue weighted by Crippen LogP contribution is 2.26. The van der Waals surface area contributed by atoms with Gasteiger partial charge < -0.3 is 4.74 Å². The van der Waals surface area contributed by atoms with Crippen molar-refractivity contribution in [2.75, 3.05) is 6.61 Å². The Bertz CT molecular complexity index is 710. The number of hydrogen-bond donors (Lipinski definition) is 0. The molecule has 0 atom stereocenters. The van der Waals surface area contributed by atoms with Crippen molar-refractivity contribution in [1.29, 1.82) is 0 Å². The van der Waals surface area contributed by atoms with Gasteiger partial charge >= 0.3 is 0 Å². The fourth-order valence-corrected chi connectivity index (χ4v) is 3.25. The van der Waals surface area contributed by atoms with Crippen LogP contribution in [0.2, 0.25) is 0 Å². The molecule has 2 aromatic carbocycles. The normalized spacial score (nSPS) is 11.3. The van der Waals surface area contributed by atoms with Gasteiger partial charge in [0.1, 0.15) is 5.75 Å². The molecule has 0 N–H and O–H groups in total. The van der Waals surface area contributed by atoms with E-state index >= 15 is 0 Å². The first kappa shape index (κ1) is 21.3.